The predicted molar refractivity (Wildman–Crippen MR) is 79.1 cm³/mol. The summed E-state index contributed by atoms with van der Waals surface area (Å²) < 4.78 is 5.55. The van der Waals surface area contributed by atoms with Crippen LogP contribution in [0.1, 0.15) is 41.0 Å². The van der Waals surface area contributed by atoms with E-state index in [0.717, 1.165) is 32.1 Å². The SMILES string of the molecule is CN=C(NCCOCCC(C)C)NC(C)C(C)C. The van der Waals surface area contributed by atoms with E-state index < -0.39 is 0 Å². The van der Waals surface area contributed by atoms with Crippen molar-refractivity contribution in [1.82, 2.24) is 10.6 Å². The summed E-state index contributed by atoms with van der Waals surface area (Å²) in [6.07, 6.45) is 1.12. The second kappa shape index (κ2) is 10.2. The Balaban J connectivity index is 3.63. The zero-order valence-electron chi connectivity index (χ0n) is 12.9. The fourth-order valence-electron chi connectivity index (χ4n) is 1.24. The molecule has 0 aromatic carbocycles. The van der Waals surface area contributed by atoms with Gasteiger partial charge in [0.1, 0.15) is 0 Å². The van der Waals surface area contributed by atoms with E-state index in [2.05, 4.69) is 50.2 Å². The largest absolute Gasteiger partial charge is 0.380 e. The molecule has 0 saturated carbocycles. The number of guanidine groups is 1. The molecular formula is C14H31N3O. The van der Waals surface area contributed by atoms with Gasteiger partial charge in [-0.3, -0.25) is 4.99 Å². The molecule has 0 radical (unpaired) electrons. The molecule has 0 rings (SSSR count). The average Bonchev–Trinajstić information content (AvgIpc) is 2.31. The summed E-state index contributed by atoms with van der Waals surface area (Å²) in [5.41, 5.74) is 0. The van der Waals surface area contributed by atoms with Gasteiger partial charge in [-0.2, -0.15) is 0 Å². The minimum absolute atomic E-state index is 0.415. The van der Waals surface area contributed by atoms with E-state index in [9.17, 15) is 0 Å². The van der Waals surface area contributed by atoms with Gasteiger partial charge in [0.25, 0.3) is 0 Å². The molecule has 0 aromatic heterocycles. The van der Waals surface area contributed by atoms with Crippen LogP contribution >= 0.6 is 0 Å². The van der Waals surface area contributed by atoms with Gasteiger partial charge >= 0.3 is 0 Å². The fraction of sp³-hybridized carbons (Fsp3) is 0.929. The number of ether oxygens (including phenoxy) is 1. The van der Waals surface area contributed by atoms with Crippen molar-refractivity contribution < 1.29 is 4.74 Å². The van der Waals surface area contributed by atoms with Crippen LogP contribution in [0, 0.1) is 11.8 Å². The third-order valence-corrected chi connectivity index (χ3v) is 2.97. The molecule has 18 heavy (non-hydrogen) atoms. The number of nitrogens with zero attached hydrogens (tertiary/aromatic N) is 1. The van der Waals surface area contributed by atoms with Crippen molar-refractivity contribution in [2.45, 2.75) is 47.1 Å². The molecule has 0 aliphatic heterocycles. The van der Waals surface area contributed by atoms with Gasteiger partial charge < -0.3 is 15.4 Å². The number of hydrogen-bond donors (Lipinski definition) is 2. The normalized spacial score (nSPS) is 14.1. The Morgan fingerprint density at radius 2 is 1.78 bits per heavy atom. The van der Waals surface area contributed by atoms with Crippen molar-refractivity contribution in [2.24, 2.45) is 16.8 Å². The van der Waals surface area contributed by atoms with Crippen molar-refractivity contribution in [1.29, 1.82) is 0 Å². The van der Waals surface area contributed by atoms with Crippen LogP contribution in [-0.2, 0) is 4.74 Å². The van der Waals surface area contributed by atoms with Crippen molar-refractivity contribution >= 4 is 5.96 Å². The molecule has 0 saturated heterocycles. The Hall–Kier alpha value is -0.770. The van der Waals surface area contributed by atoms with Crippen LogP contribution in [0.2, 0.25) is 0 Å². The minimum Gasteiger partial charge on any atom is -0.380 e. The molecule has 0 aliphatic rings. The Morgan fingerprint density at radius 1 is 1.11 bits per heavy atom. The van der Waals surface area contributed by atoms with E-state index in [0.29, 0.717) is 17.9 Å². The molecule has 1 atom stereocenters. The highest BCUT2D eigenvalue weighted by Crippen LogP contribution is 1.99. The van der Waals surface area contributed by atoms with Gasteiger partial charge in [0.2, 0.25) is 0 Å². The van der Waals surface area contributed by atoms with Gasteiger partial charge in [-0.05, 0) is 25.2 Å². The second-order valence-corrected chi connectivity index (χ2v) is 5.47. The second-order valence-electron chi connectivity index (χ2n) is 5.47. The summed E-state index contributed by atoms with van der Waals surface area (Å²) in [6, 6.07) is 0.415. The van der Waals surface area contributed by atoms with E-state index >= 15 is 0 Å². The first-order valence-corrected chi connectivity index (χ1v) is 7.02. The molecule has 0 spiro atoms. The lowest BCUT2D eigenvalue weighted by atomic mass is 10.1. The summed E-state index contributed by atoms with van der Waals surface area (Å²) in [7, 11) is 1.79. The van der Waals surface area contributed by atoms with Gasteiger partial charge in [0, 0.05) is 26.2 Å². The van der Waals surface area contributed by atoms with Gasteiger partial charge in [-0.15, -0.1) is 0 Å². The Bertz CT molecular complexity index is 227. The minimum atomic E-state index is 0.415. The highest BCUT2D eigenvalue weighted by molar-refractivity contribution is 5.79. The third kappa shape index (κ3) is 9.28. The maximum absolute atomic E-state index is 5.55. The van der Waals surface area contributed by atoms with Crippen molar-refractivity contribution in [3.05, 3.63) is 0 Å². The van der Waals surface area contributed by atoms with Gasteiger partial charge in [-0.1, -0.05) is 27.7 Å². The van der Waals surface area contributed by atoms with E-state index in [1.165, 1.54) is 0 Å². The molecule has 4 heteroatoms. The maximum atomic E-state index is 5.55. The molecule has 0 bridgehead atoms. The van der Waals surface area contributed by atoms with Crippen LogP contribution < -0.4 is 10.6 Å². The van der Waals surface area contributed by atoms with Crippen LogP contribution in [0.3, 0.4) is 0 Å². The molecule has 2 N–H and O–H groups in total. The van der Waals surface area contributed by atoms with E-state index in [4.69, 9.17) is 4.74 Å². The summed E-state index contributed by atoms with van der Waals surface area (Å²) in [6.45, 7) is 13.3. The molecule has 0 fully saturated rings. The molecule has 0 heterocycles. The Kier molecular flexibility index (Phi) is 9.74. The summed E-state index contributed by atoms with van der Waals surface area (Å²) in [5.74, 6) is 2.15. The van der Waals surface area contributed by atoms with Crippen LogP contribution in [0.25, 0.3) is 0 Å². The van der Waals surface area contributed by atoms with E-state index in [1.807, 2.05) is 0 Å². The zero-order valence-corrected chi connectivity index (χ0v) is 12.9. The highest BCUT2D eigenvalue weighted by atomic mass is 16.5. The smallest absolute Gasteiger partial charge is 0.191 e. The van der Waals surface area contributed by atoms with Gasteiger partial charge in [0.05, 0.1) is 6.61 Å². The van der Waals surface area contributed by atoms with Gasteiger partial charge in [0.15, 0.2) is 5.96 Å². The van der Waals surface area contributed by atoms with Crippen LogP contribution in [0.4, 0.5) is 0 Å². The Morgan fingerprint density at radius 3 is 2.28 bits per heavy atom. The predicted octanol–water partition coefficient (Wildman–Crippen LogP) is 2.26. The zero-order chi connectivity index (χ0) is 14.0. The number of hydrogen-bond acceptors (Lipinski definition) is 2. The Labute approximate surface area is 113 Å². The number of nitrogens with one attached hydrogen (secondary N) is 2. The van der Waals surface area contributed by atoms with Crippen LogP contribution in [0.15, 0.2) is 4.99 Å². The standard InChI is InChI=1S/C14H31N3O/c1-11(2)7-9-18-10-8-16-14(15-6)17-13(5)12(3)4/h11-13H,7-10H2,1-6H3,(H2,15,16,17). The fourth-order valence-corrected chi connectivity index (χ4v) is 1.24. The molecule has 0 aliphatic carbocycles. The van der Waals surface area contributed by atoms with Gasteiger partial charge in [-0.25, -0.2) is 0 Å². The van der Waals surface area contributed by atoms with Crippen molar-refractivity contribution in [3.8, 4) is 0 Å². The quantitative estimate of drug-likeness (QED) is 0.398. The molecular weight excluding hydrogens is 226 g/mol. The molecule has 4 nitrogen and oxygen atoms in total. The van der Waals surface area contributed by atoms with E-state index in [1.54, 1.807) is 7.05 Å². The average molecular weight is 257 g/mol. The van der Waals surface area contributed by atoms with Crippen molar-refractivity contribution in [3.63, 3.8) is 0 Å². The lowest BCUT2D eigenvalue weighted by molar-refractivity contribution is 0.128. The van der Waals surface area contributed by atoms with E-state index in [-0.39, 0.29) is 0 Å². The summed E-state index contributed by atoms with van der Waals surface area (Å²) >= 11 is 0. The monoisotopic (exact) mass is 257 g/mol. The molecule has 0 aromatic rings. The number of rotatable bonds is 8. The summed E-state index contributed by atoms with van der Waals surface area (Å²) in [5, 5.41) is 6.62. The topological polar surface area (TPSA) is 45.7 Å². The first kappa shape index (κ1) is 17.2. The molecule has 1 unspecified atom stereocenters. The molecule has 0 amide bonds. The van der Waals surface area contributed by atoms with Crippen LogP contribution in [0.5, 0.6) is 0 Å². The summed E-state index contributed by atoms with van der Waals surface area (Å²) in [4.78, 5) is 4.20. The lowest BCUT2D eigenvalue weighted by Crippen LogP contribution is -2.45. The maximum Gasteiger partial charge on any atom is 0.191 e. The van der Waals surface area contributed by atoms with Crippen LogP contribution in [-0.4, -0.2) is 38.8 Å². The third-order valence-electron chi connectivity index (χ3n) is 2.97. The lowest BCUT2D eigenvalue weighted by Gasteiger charge is -2.20. The highest BCUT2D eigenvalue weighted by Gasteiger charge is 2.08. The first-order chi connectivity index (χ1) is 8.47. The van der Waals surface area contributed by atoms with Crippen molar-refractivity contribution in [2.75, 3.05) is 26.8 Å². The molecule has 108 valence electrons. The first-order valence-electron chi connectivity index (χ1n) is 7.02. The number of aliphatic imine (C=N–C) groups is 1.